The van der Waals surface area contributed by atoms with Crippen LogP contribution in [0.2, 0.25) is 0 Å². The molecular weight excluding hydrogens is 154 g/mol. The van der Waals surface area contributed by atoms with Gasteiger partial charge in [0.2, 0.25) is 0 Å². The summed E-state index contributed by atoms with van der Waals surface area (Å²) in [6, 6.07) is 0. The minimum absolute atomic E-state index is 0.604. The molecule has 0 saturated carbocycles. The van der Waals surface area contributed by atoms with Gasteiger partial charge in [-0.25, -0.2) is 4.68 Å². The summed E-state index contributed by atoms with van der Waals surface area (Å²) in [7, 11) is 0. The number of tetrazole rings is 1. The monoisotopic (exact) mass is 169 g/mol. The van der Waals surface area contributed by atoms with Gasteiger partial charge in [0.1, 0.15) is 0 Å². The standard InChI is InChI=1S/C7H15N5/c1-2-3-6-12-7(4-5-8)9-10-11-12/h2-6,8H2,1H3. The molecule has 0 aliphatic carbocycles. The van der Waals surface area contributed by atoms with Crippen LogP contribution in [0.25, 0.3) is 0 Å². The molecule has 0 amide bonds. The molecule has 0 aliphatic rings. The Morgan fingerprint density at radius 2 is 2.33 bits per heavy atom. The highest BCUT2D eigenvalue weighted by Gasteiger charge is 2.02. The molecule has 1 heterocycles. The highest BCUT2D eigenvalue weighted by molar-refractivity contribution is 4.80. The highest BCUT2D eigenvalue weighted by atomic mass is 15.5. The van der Waals surface area contributed by atoms with Gasteiger partial charge in [0.25, 0.3) is 0 Å². The minimum Gasteiger partial charge on any atom is -0.330 e. The summed E-state index contributed by atoms with van der Waals surface area (Å²) in [5, 5.41) is 11.4. The zero-order valence-corrected chi connectivity index (χ0v) is 7.40. The molecule has 0 atom stereocenters. The van der Waals surface area contributed by atoms with Gasteiger partial charge in [-0.15, -0.1) is 5.10 Å². The summed E-state index contributed by atoms with van der Waals surface area (Å²) in [6.07, 6.45) is 3.03. The number of unbranched alkanes of at least 4 members (excludes halogenated alkanes) is 1. The van der Waals surface area contributed by atoms with E-state index in [1.54, 1.807) is 0 Å². The SMILES string of the molecule is CCCCn1nnnc1CCN. The van der Waals surface area contributed by atoms with Crippen LogP contribution >= 0.6 is 0 Å². The fourth-order valence-electron chi connectivity index (χ4n) is 1.01. The van der Waals surface area contributed by atoms with Crippen molar-refractivity contribution in [2.75, 3.05) is 6.54 Å². The second kappa shape index (κ2) is 4.82. The van der Waals surface area contributed by atoms with Crippen molar-refractivity contribution in [3.05, 3.63) is 5.82 Å². The number of aromatic nitrogens is 4. The van der Waals surface area contributed by atoms with Crippen molar-refractivity contribution in [3.63, 3.8) is 0 Å². The normalized spacial score (nSPS) is 10.5. The van der Waals surface area contributed by atoms with Crippen LogP contribution in [0.1, 0.15) is 25.6 Å². The molecule has 0 radical (unpaired) electrons. The number of aryl methyl sites for hydroxylation is 1. The van der Waals surface area contributed by atoms with Crippen LogP contribution in [0.3, 0.4) is 0 Å². The Morgan fingerprint density at radius 3 is 3.00 bits per heavy atom. The lowest BCUT2D eigenvalue weighted by Gasteiger charge is -2.00. The third kappa shape index (κ3) is 2.27. The third-order valence-corrected chi connectivity index (χ3v) is 1.70. The summed E-state index contributed by atoms with van der Waals surface area (Å²) >= 11 is 0. The van der Waals surface area contributed by atoms with E-state index in [1.807, 2.05) is 4.68 Å². The lowest BCUT2D eigenvalue weighted by molar-refractivity contribution is 0.532. The Kier molecular flexibility index (Phi) is 3.66. The summed E-state index contributed by atoms with van der Waals surface area (Å²) in [6.45, 7) is 3.65. The Balaban J connectivity index is 2.51. The highest BCUT2D eigenvalue weighted by Crippen LogP contribution is 1.96. The first-order chi connectivity index (χ1) is 5.88. The molecule has 5 nitrogen and oxygen atoms in total. The van der Waals surface area contributed by atoms with Crippen molar-refractivity contribution in [1.29, 1.82) is 0 Å². The molecule has 2 N–H and O–H groups in total. The van der Waals surface area contributed by atoms with Crippen LogP contribution in [-0.4, -0.2) is 26.8 Å². The Hall–Kier alpha value is -0.970. The summed E-state index contributed by atoms with van der Waals surface area (Å²) in [5.74, 6) is 0.894. The summed E-state index contributed by atoms with van der Waals surface area (Å²) in [4.78, 5) is 0. The number of hydrogen-bond acceptors (Lipinski definition) is 4. The molecule has 0 bridgehead atoms. The molecular formula is C7H15N5. The van der Waals surface area contributed by atoms with Crippen LogP contribution in [0, 0.1) is 0 Å². The smallest absolute Gasteiger partial charge is 0.152 e. The van der Waals surface area contributed by atoms with Crippen LogP contribution < -0.4 is 5.73 Å². The Bertz CT molecular complexity index is 219. The lowest BCUT2D eigenvalue weighted by atomic mass is 10.3. The maximum Gasteiger partial charge on any atom is 0.152 e. The van der Waals surface area contributed by atoms with Gasteiger partial charge in [0.15, 0.2) is 5.82 Å². The molecule has 0 spiro atoms. The van der Waals surface area contributed by atoms with E-state index in [9.17, 15) is 0 Å². The number of hydrogen-bond donors (Lipinski definition) is 1. The number of nitrogens with two attached hydrogens (primary N) is 1. The van der Waals surface area contributed by atoms with Gasteiger partial charge in [-0.2, -0.15) is 0 Å². The summed E-state index contributed by atoms with van der Waals surface area (Å²) in [5.41, 5.74) is 5.41. The van der Waals surface area contributed by atoms with Crippen molar-refractivity contribution in [2.24, 2.45) is 5.73 Å². The molecule has 0 saturated heterocycles. The first kappa shape index (κ1) is 9.12. The van der Waals surface area contributed by atoms with Crippen molar-refractivity contribution in [1.82, 2.24) is 20.2 Å². The lowest BCUT2D eigenvalue weighted by Crippen LogP contribution is -2.11. The van der Waals surface area contributed by atoms with Crippen molar-refractivity contribution >= 4 is 0 Å². The number of nitrogens with zero attached hydrogens (tertiary/aromatic N) is 4. The molecule has 0 unspecified atom stereocenters. The molecule has 1 rings (SSSR count). The maximum atomic E-state index is 5.41. The van der Waals surface area contributed by atoms with E-state index in [2.05, 4.69) is 22.4 Å². The molecule has 12 heavy (non-hydrogen) atoms. The quantitative estimate of drug-likeness (QED) is 0.672. The Morgan fingerprint density at radius 1 is 1.50 bits per heavy atom. The van der Waals surface area contributed by atoms with Crippen molar-refractivity contribution in [3.8, 4) is 0 Å². The molecule has 5 heteroatoms. The zero-order valence-electron chi connectivity index (χ0n) is 7.40. The second-order valence-electron chi connectivity index (χ2n) is 2.71. The minimum atomic E-state index is 0.604. The first-order valence-corrected chi connectivity index (χ1v) is 4.33. The van der Waals surface area contributed by atoms with E-state index >= 15 is 0 Å². The van der Waals surface area contributed by atoms with Gasteiger partial charge < -0.3 is 5.73 Å². The van der Waals surface area contributed by atoms with Crippen molar-refractivity contribution in [2.45, 2.75) is 32.7 Å². The van der Waals surface area contributed by atoms with Crippen LogP contribution in [0.5, 0.6) is 0 Å². The third-order valence-electron chi connectivity index (χ3n) is 1.70. The first-order valence-electron chi connectivity index (χ1n) is 4.33. The molecule has 68 valence electrons. The van der Waals surface area contributed by atoms with E-state index in [-0.39, 0.29) is 0 Å². The van der Waals surface area contributed by atoms with E-state index in [0.29, 0.717) is 6.54 Å². The van der Waals surface area contributed by atoms with Gasteiger partial charge >= 0.3 is 0 Å². The molecule has 0 aromatic carbocycles. The molecule has 0 fully saturated rings. The Labute approximate surface area is 71.9 Å². The van der Waals surface area contributed by atoms with Gasteiger partial charge in [0.05, 0.1) is 0 Å². The van der Waals surface area contributed by atoms with Crippen LogP contribution in [-0.2, 0) is 13.0 Å². The zero-order chi connectivity index (χ0) is 8.81. The molecule has 0 aliphatic heterocycles. The van der Waals surface area contributed by atoms with Crippen LogP contribution in [0.15, 0.2) is 0 Å². The average molecular weight is 169 g/mol. The average Bonchev–Trinajstić information content (AvgIpc) is 2.50. The number of rotatable bonds is 5. The largest absolute Gasteiger partial charge is 0.330 e. The maximum absolute atomic E-state index is 5.41. The fraction of sp³-hybridized carbons (Fsp3) is 0.857. The van der Waals surface area contributed by atoms with Gasteiger partial charge in [-0.3, -0.25) is 0 Å². The van der Waals surface area contributed by atoms with E-state index < -0.39 is 0 Å². The van der Waals surface area contributed by atoms with E-state index in [4.69, 9.17) is 5.73 Å². The van der Waals surface area contributed by atoms with E-state index in [1.165, 1.54) is 0 Å². The van der Waals surface area contributed by atoms with Gasteiger partial charge in [-0.05, 0) is 23.4 Å². The summed E-state index contributed by atoms with van der Waals surface area (Å²) < 4.78 is 1.83. The molecule has 1 aromatic heterocycles. The predicted molar refractivity (Wildman–Crippen MR) is 45.5 cm³/mol. The predicted octanol–water partition coefficient (Wildman–Crippen LogP) is -0.0256. The fourth-order valence-corrected chi connectivity index (χ4v) is 1.01. The van der Waals surface area contributed by atoms with E-state index in [0.717, 1.165) is 31.6 Å². The van der Waals surface area contributed by atoms with Crippen LogP contribution in [0.4, 0.5) is 0 Å². The molecule has 1 aromatic rings. The van der Waals surface area contributed by atoms with Gasteiger partial charge in [0, 0.05) is 13.0 Å². The van der Waals surface area contributed by atoms with Gasteiger partial charge in [-0.1, -0.05) is 13.3 Å². The topological polar surface area (TPSA) is 69.6 Å². The second-order valence-corrected chi connectivity index (χ2v) is 2.71. The van der Waals surface area contributed by atoms with Crippen molar-refractivity contribution < 1.29 is 0 Å².